The smallest absolute Gasteiger partial charge is 0.169 e. The molecule has 0 bridgehead atoms. The van der Waals surface area contributed by atoms with Crippen molar-refractivity contribution in [2.75, 3.05) is 13.7 Å². The third kappa shape index (κ3) is 2.53. The molecule has 0 fully saturated rings. The summed E-state index contributed by atoms with van der Waals surface area (Å²) in [5.41, 5.74) is 5.41. The van der Waals surface area contributed by atoms with Crippen LogP contribution in [0.15, 0.2) is 18.2 Å². The van der Waals surface area contributed by atoms with Crippen LogP contribution in [-0.2, 0) is 0 Å². The van der Waals surface area contributed by atoms with Crippen LogP contribution >= 0.6 is 0 Å². The van der Waals surface area contributed by atoms with Crippen molar-refractivity contribution < 1.29 is 13.9 Å². The number of hydrogen-bond donors (Lipinski definition) is 1. The zero-order valence-electron chi connectivity index (χ0n) is 8.79. The molecule has 1 aromatic carbocycles. The Hall–Kier alpha value is -1.42. The lowest BCUT2D eigenvalue weighted by atomic mass is 9.99. The van der Waals surface area contributed by atoms with Gasteiger partial charge in [-0.1, -0.05) is 6.92 Å². The van der Waals surface area contributed by atoms with Crippen LogP contribution in [0, 0.1) is 11.7 Å². The average Bonchev–Trinajstić information content (AvgIpc) is 2.26. The van der Waals surface area contributed by atoms with Crippen LogP contribution in [0.4, 0.5) is 4.39 Å². The van der Waals surface area contributed by atoms with E-state index in [2.05, 4.69) is 0 Å². The lowest BCUT2D eigenvalue weighted by molar-refractivity contribution is 0.0930. The number of carbonyl (C=O) groups is 1. The zero-order chi connectivity index (χ0) is 11.4. The second-order valence-electron chi connectivity index (χ2n) is 3.35. The standard InChI is InChI=1S/C11H14FNO2/c1-7(6-13)11(14)9-4-3-8(15-2)5-10(9)12/h3-5,7H,6,13H2,1-2H3. The summed E-state index contributed by atoms with van der Waals surface area (Å²) in [5, 5.41) is 0. The summed E-state index contributed by atoms with van der Waals surface area (Å²) in [5.74, 6) is -0.824. The number of ketones is 1. The molecule has 0 heterocycles. The van der Waals surface area contributed by atoms with Crippen molar-refractivity contribution in [3.8, 4) is 5.75 Å². The van der Waals surface area contributed by atoms with Crippen molar-refractivity contribution >= 4 is 5.78 Å². The van der Waals surface area contributed by atoms with Gasteiger partial charge < -0.3 is 10.5 Å². The Kier molecular flexibility index (Phi) is 3.80. The zero-order valence-corrected chi connectivity index (χ0v) is 8.79. The van der Waals surface area contributed by atoms with Crippen LogP contribution < -0.4 is 10.5 Å². The molecule has 0 saturated heterocycles. The van der Waals surface area contributed by atoms with Gasteiger partial charge in [0, 0.05) is 18.5 Å². The molecule has 0 aliphatic carbocycles. The highest BCUT2D eigenvalue weighted by Crippen LogP contribution is 2.18. The van der Waals surface area contributed by atoms with Crippen LogP contribution in [0.25, 0.3) is 0 Å². The quantitative estimate of drug-likeness (QED) is 0.770. The van der Waals surface area contributed by atoms with E-state index in [4.69, 9.17) is 10.5 Å². The minimum Gasteiger partial charge on any atom is -0.497 e. The Morgan fingerprint density at radius 3 is 2.73 bits per heavy atom. The van der Waals surface area contributed by atoms with E-state index in [-0.39, 0.29) is 23.8 Å². The summed E-state index contributed by atoms with van der Waals surface area (Å²) in [7, 11) is 1.44. The Labute approximate surface area is 88.0 Å². The second-order valence-corrected chi connectivity index (χ2v) is 3.35. The fraction of sp³-hybridized carbons (Fsp3) is 0.364. The first-order valence-electron chi connectivity index (χ1n) is 4.68. The molecule has 0 saturated carbocycles. The Bertz CT molecular complexity index is 366. The number of halogens is 1. The number of ether oxygens (including phenoxy) is 1. The molecule has 0 amide bonds. The first-order chi connectivity index (χ1) is 7.10. The predicted octanol–water partition coefficient (Wildman–Crippen LogP) is 1.61. The van der Waals surface area contributed by atoms with Crippen molar-refractivity contribution in [1.82, 2.24) is 0 Å². The van der Waals surface area contributed by atoms with Crippen LogP contribution in [0.1, 0.15) is 17.3 Å². The molecular weight excluding hydrogens is 197 g/mol. The number of methoxy groups -OCH3 is 1. The maximum Gasteiger partial charge on any atom is 0.169 e. The molecule has 1 atom stereocenters. The molecule has 0 aromatic heterocycles. The number of carbonyl (C=O) groups excluding carboxylic acids is 1. The molecule has 3 nitrogen and oxygen atoms in total. The van der Waals surface area contributed by atoms with Crippen molar-refractivity contribution in [1.29, 1.82) is 0 Å². The van der Waals surface area contributed by atoms with Crippen LogP contribution in [-0.4, -0.2) is 19.4 Å². The normalized spacial score (nSPS) is 12.3. The molecule has 0 spiro atoms. The van der Waals surface area contributed by atoms with Gasteiger partial charge in [0.05, 0.1) is 12.7 Å². The van der Waals surface area contributed by atoms with Crippen LogP contribution in [0.5, 0.6) is 5.75 Å². The first kappa shape index (κ1) is 11.7. The van der Waals surface area contributed by atoms with Gasteiger partial charge in [-0.3, -0.25) is 4.79 Å². The topological polar surface area (TPSA) is 52.3 Å². The summed E-state index contributed by atoms with van der Waals surface area (Å²) in [6.07, 6.45) is 0. The summed E-state index contributed by atoms with van der Waals surface area (Å²) < 4.78 is 18.3. The molecule has 2 N–H and O–H groups in total. The Balaban J connectivity index is 3.00. The predicted molar refractivity (Wildman–Crippen MR) is 55.5 cm³/mol. The molecular formula is C11H14FNO2. The van der Waals surface area contributed by atoms with Gasteiger partial charge in [0.2, 0.25) is 0 Å². The van der Waals surface area contributed by atoms with E-state index in [1.165, 1.54) is 19.2 Å². The lowest BCUT2D eigenvalue weighted by Crippen LogP contribution is -2.21. The molecule has 15 heavy (non-hydrogen) atoms. The van der Waals surface area contributed by atoms with E-state index in [0.717, 1.165) is 0 Å². The maximum absolute atomic E-state index is 13.4. The van der Waals surface area contributed by atoms with Crippen LogP contribution in [0.3, 0.4) is 0 Å². The van der Waals surface area contributed by atoms with Gasteiger partial charge in [0.25, 0.3) is 0 Å². The number of rotatable bonds is 4. The molecule has 1 aromatic rings. The Morgan fingerprint density at radius 2 is 2.27 bits per heavy atom. The highest BCUT2D eigenvalue weighted by Gasteiger charge is 2.17. The molecule has 0 aliphatic rings. The minimum absolute atomic E-state index is 0.0637. The third-order valence-electron chi connectivity index (χ3n) is 2.24. The molecule has 82 valence electrons. The fourth-order valence-corrected chi connectivity index (χ4v) is 1.20. The summed E-state index contributed by atoms with van der Waals surface area (Å²) in [6, 6.07) is 4.17. The van der Waals surface area contributed by atoms with Crippen molar-refractivity contribution in [3.05, 3.63) is 29.6 Å². The van der Waals surface area contributed by atoms with Gasteiger partial charge in [-0.25, -0.2) is 4.39 Å². The Morgan fingerprint density at radius 1 is 1.60 bits per heavy atom. The van der Waals surface area contributed by atoms with Gasteiger partial charge in [-0.15, -0.1) is 0 Å². The monoisotopic (exact) mass is 211 g/mol. The second kappa shape index (κ2) is 4.89. The molecule has 1 rings (SSSR count). The van der Waals surface area contributed by atoms with Gasteiger partial charge >= 0.3 is 0 Å². The van der Waals surface area contributed by atoms with Crippen molar-refractivity contribution in [3.63, 3.8) is 0 Å². The number of nitrogens with two attached hydrogens (primary N) is 1. The molecule has 0 radical (unpaired) electrons. The number of Topliss-reactive ketones (excluding diaryl/α,β-unsaturated/α-hetero) is 1. The van der Waals surface area contributed by atoms with Crippen molar-refractivity contribution in [2.45, 2.75) is 6.92 Å². The largest absolute Gasteiger partial charge is 0.497 e. The first-order valence-corrected chi connectivity index (χ1v) is 4.68. The molecule has 1 unspecified atom stereocenters. The number of hydrogen-bond acceptors (Lipinski definition) is 3. The van der Waals surface area contributed by atoms with Gasteiger partial charge in [0.1, 0.15) is 11.6 Å². The van der Waals surface area contributed by atoms with Crippen LogP contribution in [0.2, 0.25) is 0 Å². The van der Waals surface area contributed by atoms with E-state index < -0.39 is 5.82 Å². The van der Waals surface area contributed by atoms with E-state index in [1.807, 2.05) is 0 Å². The highest BCUT2D eigenvalue weighted by atomic mass is 19.1. The fourth-order valence-electron chi connectivity index (χ4n) is 1.20. The van der Waals surface area contributed by atoms with Gasteiger partial charge in [-0.2, -0.15) is 0 Å². The third-order valence-corrected chi connectivity index (χ3v) is 2.24. The lowest BCUT2D eigenvalue weighted by Gasteiger charge is -2.09. The maximum atomic E-state index is 13.4. The van der Waals surface area contributed by atoms with E-state index in [9.17, 15) is 9.18 Å². The summed E-state index contributed by atoms with van der Waals surface area (Å²) in [6.45, 7) is 1.89. The van der Waals surface area contributed by atoms with E-state index in [1.54, 1.807) is 13.0 Å². The minimum atomic E-state index is -0.570. The number of benzene rings is 1. The molecule has 4 heteroatoms. The van der Waals surface area contributed by atoms with E-state index >= 15 is 0 Å². The van der Waals surface area contributed by atoms with Crippen molar-refractivity contribution in [2.24, 2.45) is 11.7 Å². The summed E-state index contributed by atoms with van der Waals surface area (Å²) >= 11 is 0. The van der Waals surface area contributed by atoms with Gasteiger partial charge in [-0.05, 0) is 12.1 Å². The van der Waals surface area contributed by atoms with E-state index in [0.29, 0.717) is 5.75 Å². The summed E-state index contributed by atoms with van der Waals surface area (Å²) in [4.78, 5) is 11.6. The molecule has 0 aliphatic heterocycles. The highest BCUT2D eigenvalue weighted by molar-refractivity contribution is 5.98. The SMILES string of the molecule is COc1ccc(C(=O)C(C)CN)c(F)c1. The average molecular weight is 211 g/mol. The van der Waals surface area contributed by atoms with Gasteiger partial charge in [0.15, 0.2) is 5.78 Å².